The summed E-state index contributed by atoms with van der Waals surface area (Å²) < 4.78 is 11.8. The van der Waals surface area contributed by atoms with Gasteiger partial charge in [-0.05, 0) is 49.4 Å². The van der Waals surface area contributed by atoms with Gasteiger partial charge in [0.25, 0.3) is 0 Å². The van der Waals surface area contributed by atoms with Crippen molar-refractivity contribution in [3.63, 3.8) is 0 Å². The Bertz CT molecular complexity index is 926. The summed E-state index contributed by atoms with van der Waals surface area (Å²) in [6.45, 7) is 1.76. The molecule has 0 radical (unpaired) electrons. The molecule has 0 aliphatic rings. The van der Waals surface area contributed by atoms with Crippen molar-refractivity contribution < 1.29 is 13.9 Å². The zero-order valence-corrected chi connectivity index (χ0v) is 13.9. The van der Waals surface area contributed by atoms with Crippen molar-refractivity contribution in [2.75, 3.05) is 0 Å². The first kappa shape index (κ1) is 15.5. The minimum Gasteiger partial charge on any atom is -0.489 e. The summed E-state index contributed by atoms with van der Waals surface area (Å²) in [5.41, 5.74) is 1.48. The van der Waals surface area contributed by atoms with Crippen LogP contribution in [0.5, 0.6) is 5.75 Å². The van der Waals surface area contributed by atoms with Crippen LogP contribution in [-0.2, 0) is 6.61 Å². The summed E-state index contributed by atoms with van der Waals surface area (Å²) in [6.07, 6.45) is 0. The van der Waals surface area contributed by atoms with E-state index in [-0.39, 0.29) is 12.4 Å². The minimum atomic E-state index is -0.416. The van der Waals surface area contributed by atoms with Gasteiger partial charge in [0.15, 0.2) is 5.78 Å². The summed E-state index contributed by atoms with van der Waals surface area (Å²) in [6, 6.07) is 13.8. The number of fused-ring (bicyclic) bond motifs is 1. The van der Waals surface area contributed by atoms with Crippen molar-refractivity contribution in [1.82, 2.24) is 0 Å². The van der Waals surface area contributed by atoms with E-state index in [0.29, 0.717) is 16.9 Å². The second kappa shape index (κ2) is 6.38. The number of benzene rings is 2. The smallest absolute Gasteiger partial charge is 0.336 e. The number of hydrogen-bond acceptors (Lipinski definition) is 4. The summed E-state index contributed by atoms with van der Waals surface area (Å²) in [5, 5.41) is 0.827. The van der Waals surface area contributed by atoms with Crippen molar-refractivity contribution in [1.29, 1.82) is 0 Å². The molecule has 2 aromatic carbocycles. The van der Waals surface area contributed by atoms with Crippen LogP contribution in [-0.4, -0.2) is 5.78 Å². The van der Waals surface area contributed by atoms with E-state index in [1.165, 1.54) is 13.0 Å². The Morgan fingerprint density at radius 3 is 2.57 bits per heavy atom. The Labute approximate surface area is 140 Å². The highest BCUT2D eigenvalue weighted by Gasteiger charge is 2.07. The average molecular weight is 373 g/mol. The maximum absolute atomic E-state index is 11.7. The van der Waals surface area contributed by atoms with E-state index in [0.717, 1.165) is 15.4 Å². The van der Waals surface area contributed by atoms with Crippen LogP contribution in [0.15, 0.2) is 62.2 Å². The molecule has 0 spiro atoms. The van der Waals surface area contributed by atoms with Crippen molar-refractivity contribution in [2.24, 2.45) is 0 Å². The molecular formula is C18H13BrO4. The zero-order chi connectivity index (χ0) is 16.4. The summed E-state index contributed by atoms with van der Waals surface area (Å²) in [4.78, 5) is 22.9. The molecule has 0 N–H and O–H groups in total. The summed E-state index contributed by atoms with van der Waals surface area (Å²) in [5.74, 6) is 0.641. The zero-order valence-electron chi connectivity index (χ0n) is 12.3. The van der Waals surface area contributed by atoms with Gasteiger partial charge in [-0.3, -0.25) is 4.79 Å². The van der Waals surface area contributed by atoms with Crippen molar-refractivity contribution >= 4 is 32.7 Å². The number of carbonyl (C=O) groups excluding carboxylic acids is 1. The SMILES string of the molecule is CC(=O)c1ccc(OCc2cc(=O)oc3cc(Br)ccc23)cc1. The van der Waals surface area contributed by atoms with Gasteiger partial charge in [0.1, 0.15) is 17.9 Å². The predicted molar refractivity (Wildman–Crippen MR) is 91.0 cm³/mol. The fraction of sp³-hybridized carbons (Fsp3) is 0.111. The molecule has 4 nitrogen and oxygen atoms in total. The predicted octanol–water partition coefficient (Wildman–Crippen LogP) is 4.34. The number of ketones is 1. The third-order valence-corrected chi connectivity index (χ3v) is 3.94. The fourth-order valence-electron chi connectivity index (χ4n) is 2.27. The average Bonchev–Trinajstić information content (AvgIpc) is 2.52. The van der Waals surface area contributed by atoms with Crippen LogP contribution >= 0.6 is 15.9 Å². The van der Waals surface area contributed by atoms with E-state index in [2.05, 4.69) is 15.9 Å². The molecule has 116 valence electrons. The normalized spacial score (nSPS) is 10.7. The highest BCUT2D eigenvalue weighted by Crippen LogP contribution is 2.23. The molecule has 0 aliphatic carbocycles. The lowest BCUT2D eigenvalue weighted by Gasteiger charge is -2.09. The maximum atomic E-state index is 11.7. The van der Waals surface area contributed by atoms with E-state index in [9.17, 15) is 9.59 Å². The lowest BCUT2D eigenvalue weighted by molar-refractivity contribution is 0.101. The quantitative estimate of drug-likeness (QED) is 0.504. The second-order valence-electron chi connectivity index (χ2n) is 5.10. The molecule has 0 aliphatic heterocycles. The first-order chi connectivity index (χ1) is 11.0. The van der Waals surface area contributed by atoms with E-state index >= 15 is 0 Å². The van der Waals surface area contributed by atoms with Gasteiger partial charge >= 0.3 is 5.63 Å². The standard InChI is InChI=1S/C18H13BrO4/c1-11(20)12-2-5-15(6-3-12)22-10-13-8-18(21)23-17-9-14(19)4-7-16(13)17/h2-9H,10H2,1H3. The third-order valence-electron chi connectivity index (χ3n) is 3.45. The molecular weight excluding hydrogens is 360 g/mol. The maximum Gasteiger partial charge on any atom is 0.336 e. The molecule has 0 saturated heterocycles. The lowest BCUT2D eigenvalue weighted by Crippen LogP contribution is -2.04. The monoisotopic (exact) mass is 372 g/mol. The number of hydrogen-bond donors (Lipinski definition) is 0. The molecule has 3 aromatic rings. The summed E-state index contributed by atoms with van der Waals surface area (Å²) in [7, 11) is 0. The summed E-state index contributed by atoms with van der Waals surface area (Å²) >= 11 is 3.35. The van der Waals surface area contributed by atoms with Crippen LogP contribution in [0.2, 0.25) is 0 Å². The molecule has 0 fully saturated rings. The van der Waals surface area contributed by atoms with Crippen LogP contribution in [0.3, 0.4) is 0 Å². The van der Waals surface area contributed by atoms with Crippen LogP contribution in [0.25, 0.3) is 11.0 Å². The molecule has 0 saturated carbocycles. The first-order valence-electron chi connectivity index (χ1n) is 6.99. The van der Waals surface area contributed by atoms with E-state index < -0.39 is 5.63 Å². The van der Waals surface area contributed by atoms with Gasteiger partial charge in [0, 0.05) is 27.1 Å². The highest BCUT2D eigenvalue weighted by atomic mass is 79.9. The van der Waals surface area contributed by atoms with Gasteiger partial charge in [-0.25, -0.2) is 4.79 Å². The van der Waals surface area contributed by atoms with E-state index in [4.69, 9.17) is 9.15 Å². The van der Waals surface area contributed by atoms with E-state index in [1.54, 1.807) is 30.3 Å². The van der Waals surface area contributed by atoms with E-state index in [1.807, 2.05) is 12.1 Å². The largest absolute Gasteiger partial charge is 0.489 e. The molecule has 0 amide bonds. The van der Waals surface area contributed by atoms with Gasteiger partial charge in [-0.2, -0.15) is 0 Å². The Balaban J connectivity index is 1.86. The van der Waals surface area contributed by atoms with Crippen LogP contribution in [0.1, 0.15) is 22.8 Å². The Kier molecular flexibility index (Phi) is 4.30. The Morgan fingerprint density at radius 1 is 1.13 bits per heavy atom. The minimum absolute atomic E-state index is 0.00814. The third kappa shape index (κ3) is 3.51. The van der Waals surface area contributed by atoms with Gasteiger partial charge in [0.05, 0.1) is 0 Å². The second-order valence-corrected chi connectivity index (χ2v) is 6.02. The molecule has 3 rings (SSSR count). The number of carbonyl (C=O) groups is 1. The molecule has 1 heterocycles. The van der Waals surface area contributed by atoms with Gasteiger partial charge < -0.3 is 9.15 Å². The van der Waals surface area contributed by atoms with Crippen molar-refractivity contribution in [3.05, 3.63) is 74.6 Å². The first-order valence-corrected chi connectivity index (χ1v) is 7.78. The molecule has 1 aromatic heterocycles. The van der Waals surface area contributed by atoms with Crippen molar-refractivity contribution in [2.45, 2.75) is 13.5 Å². The van der Waals surface area contributed by atoms with Crippen LogP contribution < -0.4 is 10.4 Å². The van der Waals surface area contributed by atoms with Crippen LogP contribution in [0.4, 0.5) is 0 Å². The van der Waals surface area contributed by atoms with Gasteiger partial charge in [-0.1, -0.05) is 15.9 Å². The number of Topliss-reactive ketones (excluding diaryl/α,β-unsaturated/α-hetero) is 1. The number of ether oxygens (including phenoxy) is 1. The Hall–Kier alpha value is -2.40. The van der Waals surface area contributed by atoms with Gasteiger partial charge in [-0.15, -0.1) is 0 Å². The highest BCUT2D eigenvalue weighted by molar-refractivity contribution is 9.10. The van der Waals surface area contributed by atoms with Crippen LogP contribution in [0, 0.1) is 0 Å². The molecule has 0 bridgehead atoms. The fourth-order valence-corrected chi connectivity index (χ4v) is 2.61. The molecule has 5 heteroatoms. The number of rotatable bonds is 4. The Morgan fingerprint density at radius 2 is 1.87 bits per heavy atom. The molecule has 0 atom stereocenters. The topological polar surface area (TPSA) is 56.5 Å². The van der Waals surface area contributed by atoms with Crippen molar-refractivity contribution in [3.8, 4) is 5.75 Å². The molecule has 23 heavy (non-hydrogen) atoms. The van der Waals surface area contributed by atoms with Gasteiger partial charge in [0.2, 0.25) is 0 Å². The molecule has 0 unspecified atom stereocenters. The lowest BCUT2D eigenvalue weighted by atomic mass is 10.1. The number of halogens is 1.